The monoisotopic (exact) mass is 215 g/mol. The highest BCUT2D eigenvalue weighted by Crippen LogP contribution is 2.12. The van der Waals surface area contributed by atoms with Gasteiger partial charge in [0.25, 0.3) is 0 Å². The molecular formula is C11H21NO3. The van der Waals surface area contributed by atoms with Crippen LogP contribution in [0.25, 0.3) is 0 Å². The van der Waals surface area contributed by atoms with Gasteiger partial charge in [-0.15, -0.1) is 0 Å². The van der Waals surface area contributed by atoms with Crippen molar-refractivity contribution in [1.29, 1.82) is 0 Å². The summed E-state index contributed by atoms with van der Waals surface area (Å²) >= 11 is 0. The van der Waals surface area contributed by atoms with Gasteiger partial charge in [-0.05, 0) is 18.8 Å². The lowest BCUT2D eigenvalue weighted by molar-refractivity contribution is -0.144. The van der Waals surface area contributed by atoms with E-state index in [0.717, 1.165) is 26.0 Å². The van der Waals surface area contributed by atoms with E-state index in [2.05, 4.69) is 5.32 Å². The topological polar surface area (TPSA) is 47.6 Å². The van der Waals surface area contributed by atoms with Gasteiger partial charge in [0.2, 0.25) is 0 Å². The van der Waals surface area contributed by atoms with Gasteiger partial charge in [-0.3, -0.25) is 4.79 Å². The summed E-state index contributed by atoms with van der Waals surface area (Å²) < 4.78 is 10.2. The van der Waals surface area contributed by atoms with Crippen molar-refractivity contribution in [3.8, 4) is 0 Å². The highest BCUT2D eigenvalue weighted by molar-refractivity contribution is 5.75. The Hall–Kier alpha value is -0.610. The van der Waals surface area contributed by atoms with Crippen LogP contribution in [0.2, 0.25) is 0 Å². The molecule has 1 aliphatic heterocycles. The lowest BCUT2D eigenvalue weighted by Crippen LogP contribution is -2.44. The summed E-state index contributed by atoms with van der Waals surface area (Å²) in [5.41, 5.74) is 0. The molecule has 1 saturated heterocycles. The predicted molar refractivity (Wildman–Crippen MR) is 57.6 cm³/mol. The van der Waals surface area contributed by atoms with Crippen molar-refractivity contribution >= 4 is 5.97 Å². The molecule has 88 valence electrons. The summed E-state index contributed by atoms with van der Waals surface area (Å²) in [5.74, 6) is 0.0434. The minimum atomic E-state index is -0.223. The van der Waals surface area contributed by atoms with Crippen LogP contribution in [0, 0.1) is 5.92 Å². The van der Waals surface area contributed by atoms with E-state index in [4.69, 9.17) is 9.47 Å². The number of carbonyl (C=O) groups is 1. The van der Waals surface area contributed by atoms with Crippen molar-refractivity contribution in [2.24, 2.45) is 5.92 Å². The molecule has 1 N–H and O–H groups in total. The third-order valence-electron chi connectivity index (χ3n) is 2.71. The molecular weight excluding hydrogens is 194 g/mol. The number of nitrogens with one attached hydrogen (secondary N) is 1. The molecule has 1 fully saturated rings. The van der Waals surface area contributed by atoms with E-state index < -0.39 is 0 Å². The summed E-state index contributed by atoms with van der Waals surface area (Å²) in [6.45, 7) is 5.59. The molecule has 0 amide bonds. The van der Waals surface area contributed by atoms with Crippen molar-refractivity contribution in [2.45, 2.75) is 38.8 Å². The smallest absolute Gasteiger partial charge is 0.323 e. The first kappa shape index (κ1) is 12.5. The summed E-state index contributed by atoms with van der Waals surface area (Å²) in [6, 6.07) is -0.223. The molecule has 2 atom stereocenters. The van der Waals surface area contributed by atoms with Crippen molar-refractivity contribution in [3.63, 3.8) is 0 Å². The van der Waals surface area contributed by atoms with Gasteiger partial charge in [-0.1, -0.05) is 13.8 Å². The van der Waals surface area contributed by atoms with Crippen molar-refractivity contribution < 1.29 is 14.3 Å². The molecule has 15 heavy (non-hydrogen) atoms. The number of methoxy groups -OCH3 is 1. The van der Waals surface area contributed by atoms with Gasteiger partial charge in [0.15, 0.2) is 0 Å². The average molecular weight is 215 g/mol. The maximum Gasteiger partial charge on any atom is 0.323 e. The molecule has 0 aromatic carbocycles. The Balaban J connectivity index is 2.33. The van der Waals surface area contributed by atoms with E-state index >= 15 is 0 Å². The molecule has 4 nitrogen and oxygen atoms in total. The fourth-order valence-corrected chi connectivity index (χ4v) is 1.78. The van der Waals surface area contributed by atoms with E-state index in [1.54, 1.807) is 0 Å². The highest BCUT2D eigenvalue weighted by atomic mass is 16.5. The van der Waals surface area contributed by atoms with Gasteiger partial charge in [0.1, 0.15) is 6.04 Å². The lowest BCUT2D eigenvalue weighted by atomic mass is 10.0. The molecule has 1 aliphatic rings. The van der Waals surface area contributed by atoms with Crippen molar-refractivity contribution in [1.82, 2.24) is 5.32 Å². The fourth-order valence-electron chi connectivity index (χ4n) is 1.78. The highest BCUT2D eigenvalue weighted by Gasteiger charge is 2.24. The minimum Gasteiger partial charge on any atom is -0.468 e. The Kier molecular flexibility index (Phi) is 5.05. The Morgan fingerprint density at radius 3 is 2.80 bits per heavy atom. The average Bonchev–Trinajstić information content (AvgIpc) is 2.70. The van der Waals surface area contributed by atoms with Crippen LogP contribution in [-0.2, 0) is 14.3 Å². The zero-order chi connectivity index (χ0) is 11.3. The summed E-state index contributed by atoms with van der Waals surface area (Å²) in [5, 5.41) is 3.21. The molecule has 0 aromatic rings. The van der Waals surface area contributed by atoms with Crippen LogP contribution in [0.1, 0.15) is 26.7 Å². The zero-order valence-electron chi connectivity index (χ0n) is 9.79. The number of hydrogen-bond donors (Lipinski definition) is 1. The van der Waals surface area contributed by atoms with Gasteiger partial charge in [-0.2, -0.15) is 0 Å². The first-order valence-electron chi connectivity index (χ1n) is 5.58. The predicted octanol–water partition coefficient (Wildman–Crippen LogP) is 0.953. The van der Waals surface area contributed by atoms with Crippen molar-refractivity contribution in [2.75, 3.05) is 20.3 Å². The Morgan fingerprint density at radius 1 is 1.60 bits per heavy atom. The van der Waals surface area contributed by atoms with Gasteiger partial charge in [-0.25, -0.2) is 0 Å². The Bertz CT molecular complexity index is 200. The Morgan fingerprint density at radius 2 is 2.33 bits per heavy atom. The summed E-state index contributed by atoms with van der Waals surface area (Å²) in [6.07, 6.45) is 2.46. The third kappa shape index (κ3) is 3.80. The number of carbonyl (C=O) groups excluding carboxylic acids is 1. The summed E-state index contributed by atoms with van der Waals surface area (Å²) in [4.78, 5) is 11.4. The van der Waals surface area contributed by atoms with Crippen molar-refractivity contribution in [3.05, 3.63) is 0 Å². The molecule has 0 saturated carbocycles. The standard InChI is InChI=1S/C11H21NO3/c1-8(2)10(11(13)14-3)12-7-9-5-4-6-15-9/h8-10,12H,4-7H2,1-3H3/t9-,10+/m0/s1. The second-order valence-corrected chi connectivity index (χ2v) is 4.29. The van der Waals surface area contributed by atoms with E-state index in [0.29, 0.717) is 0 Å². The molecule has 4 heteroatoms. The molecule has 1 rings (SSSR count). The number of rotatable bonds is 5. The molecule has 0 aromatic heterocycles. The summed E-state index contributed by atoms with van der Waals surface area (Å²) in [7, 11) is 1.42. The maximum atomic E-state index is 11.4. The van der Waals surface area contributed by atoms with E-state index in [-0.39, 0.29) is 24.0 Å². The van der Waals surface area contributed by atoms with E-state index in [9.17, 15) is 4.79 Å². The lowest BCUT2D eigenvalue weighted by Gasteiger charge is -2.21. The first-order chi connectivity index (χ1) is 7.15. The van der Waals surface area contributed by atoms with Gasteiger partial charge in [0, 0.05) is 13.2 Å². The molecule has 0 spiro atoms. The normalized spacial score (nSPS) is 23.1. The molecule has 0 radical (unpaired) electrons. The Labute approximate surface area is 91.3 Å². The number of esters is 1. The van der Waals surface area contributed by atoms with Crippen LogP contribution < -0.4 is 5.32 Å². The molecule has 0 aliphatic carbocycles. The van der Waals surface area contributed by atoms with Crippen LogP contribution in [0.3, 0.4) is 0 Å². The second kappa shape index (κ2) is 6.08. The van der Waals surface area contributed by atoms with Crippen LogP contribution in [0.4, 0.5) is 0 Å². The third-order valence-corrected chi connectivity index (χ3v) is 2.71. The number of ether oxygens (including phenoxy) is 2. The second-order valence-electron chi connectivity index (χ2n) is 4.29. The van der Waals surface area contributed by atoms with Crippen LogP contribution in [0.15, 0.2) is 0 Å². The fraction of sp³-hybridized carbons (Fsp3) is 0.909. The van der Waals surface area contributed by atoms with Crippen LogP contribution in [0.5, 0.6) is 0 Å². The first-order valence-corrected chi connectivity index (χ1v) is 5.58. The largest absolute Gasteiger partial charge is 0.468 e. The molecule has 0 unspecified atom stereocenters. The van der Waals surface area contributed by atoms with Gasteiger partial charge >= 0.3 is 5.97 Å². The minimum absolute atomic E-state index is 0.192. The zero-order valence-corrected chi connectivity index (χ0v) is 9.79. The SMILES string of the molecule is COC(=O)[C@H](NC[C@@H]1CCCO1)C(C)C. The maximum absolute atomic E-state index is 11.4. The van der Waals surface area contributed by atoms with E-state index in [1.165, 1.54) is 7.11 Å². The van der Waals surface area contributed by atoms with Crippen LogP contribution >= 0.6 is 0 Å². The quantitative estimate of drug-likeness (QED) is 0.694. The van der Waals surface area contributed by atoms with Gasteiger partial charge in [0.05, 0.1) is 13.2 Å². The molecule has 0 bridgehead atoms. The van der Waals surface area contributed by atoms with Crippen LogP contribution in [-0.4, -0.2) is 38.4 Å². The number of hydrogen-bond acceptors (Lipinski definition) is 4. The van der Waals surface area contributed by atoms with Gasteiger partial charge < -0.3 is 14.8 Å². The molecule has 1 heterocycles. The van der Waals surface area contributed by atoms with E-state index in [1.807, 2.05) is 13.8 Å².